The molecule has 0 radical (unpaired) electrons. The van der Waals surface area contributed by atoms with Crippen LogP contribution in [0.4, 0.5) is 8.78 Å². The number of rotatable bonds is 8. The number of hydrogen-bond acceptors (Lipinski definition) is 5. The summed E-state index contributed by atoms with van der Waals surface area (Å²) in [5.41, 5.74) is 0.648. The van der Waals surface area contributed by atoms with Gasteiger partial charge in [-0.25, -0.2) is 8.78 Å². The van der Waals surface area contributed by atoms with E-state index in [9.17, 15) is 23.7 Å². The molecular weight excluding hydrogens is 466 g/mol. The van der Waals surface area contributed by atoms with Crippen molar-refractivity contribution in [3.8, 4) is 0 Å². The van der Waals surface area contributed by atoms with Gasteiger partial charge < -0.3 is 4.74 Å². The van der Waals surface area contributed by atoms with Gasteiger partial charge >= 0.3 is 5.97 Å². The first kappa shape index (κ1) is 26.2. The Morgan fingerprint density at radius 1 is 1.06 bits per heavy atom. The number of likely N-dealkylation sites (tertiary alicyclic amines) is 1. The van der Waals surface area contributed by atoms with E-state index in [2.05, 4.69) is 4.90 Å². The van der Waals surface area contributed by atoms with Crippen LogP contribution in [0.1, 0.15) is 68.4 Å². The molecule has 1 heterocycles. The van der Waals surface area contributed by atoms with Crippen LogP contribution in [-0.2, 0) is 9.53 Å². The zero-order valence-corrected chi connectivity index (χ0v) is 20.7. The Bertz CT molecular complexity index is 1040. The van der Waals surface area contributed by atoms with Crippen LogP contribution in [0.5, 0.6) is 0 Å². The van der Waals surface area contributed by atoms with Crippen molar-refractivity contribution in [1.29, 1.82) is 0 Å². The highest BCUT2D eigenvalue weighted by Crippen LogP contribution is 2.48. The Hall–Kier alpha value is -2.87. The summed E-state index contributed by atoms with van der Waals surface area (Å²) in [7, 11) is 0. The molecule has 1 aliphatic heterocycles. The molecule has 36 heavy (non-hydrogen) atoms. The summed E-state index contributed by atoms with van der Waals surface area (Å²) in [6.07, 6.45) is 5.12. The van der Waals surface area contributed by atoms with Crippen molar-refractivity contribution >= 4 is 5.97 Å². The van der Waals surface area contributed by atoms with Gasteiger partial charge in [-0.2, -0.15) is 0 Å². The fraction of sp³-hybridized carbons (Fsp3) is 0.536. The van der Waals surface area contributed by atoms with Gasteiger partial charge in [-0.1, -0.05) is 37.1 Å². The van der Waals surface area contributed by atoms with Crippen LogP contribution in [0.3, 0.4) is 0 Å². The smallest absolute Gasteiger partial charge is 0.313 e. The molecule has 2 fully saturated rings. The van der Waals surface area contributed by atoms with Gasteiger partial charge in [0.05, 0.1) is 17.9 Å². The van der Waals surface area contributed by atoms with Gasteiger partial charge in [0.2, 0.25) is 6.54 Å². The monoisotopic (exact) mass is 500 g/mol. The molecule has 0 spiro atoms. The van der Waals surface area contributed by atoms with E-state index in [1.54, 1.807) is 19.1 Å². The summed E-state index contributed by atoms with van der Waals surface area (Å²) in [6, 6.07) is 12.7. The minimum Gasteiger partial charge on any atom is -0.466 e. The van der Waals surface area contributed by atoms with Gasteiger partial charge in [-0.15, -0.1) is 0 Å². The third kappa shape index (κ3) is 5.59. The van der Waals surface area contributed by atoms with Crippen LogP contribution in [0.15, 0.2) is 48.5 Å². The summed E-state index contributed by atoms with van der Waals surface area (Å²) < 4.78 is 32.7. The van der Waals surface area contributed by atoms with Crippen molar-refractivity contribution in [1.82, 2.24) is 4.90 Å². The van der Waals surface area contributed by atoms with E-state index in [1.165, 1.54) is 24.3 Å². The molecule has 2 aliphatic rings. The molecule has 0 aromatic heterocycles. The number of nitrogens with zero attached hydrogens (tertiary/aromatic N) is 2. The number of carbonyl (C=O) groups excluding carboxylic acids is 1. The fourth-order valence-electron chi connectivity index (χ4n) is 6.31. The number of benzene rings is 2. The predicted octanol–water partition coefficient (Wildman–Crippen LogP) is 5.70. The summed E-state index contributed by atoms with van der Waals surface area (Å²) in [4.78, 5) is 27.1. The largest absolute Gasteiger partial charge is 0.466 e. The van der Waals surface area contributed by atoms with E-state index in [-0.39, 0.29) is 24.4 Å². The fourth-order valence-corrected chi connectivity index (χ4v) is 6.31. The first-order valence-corrected chi connectivity index (χ1v) is 12.9. The molecule has 1 saturated heterocycles. The second-order valence-electron chi connectivity index (χ2n) is 10.0. The molecule has 3 unspecified atom stereocenters. The van der Waals surface area contributed by atoms with E-state index in [1.807, 2.05) is 12.1 Å². The average molecular weight is 501 g/mol. The number of hydrogen-bond donors (Lipinski definition) is 0. The first-order chi connectivity index (χ1) is 17.3. The van der Waals surface area contributed by atoms with Crippen LogP contribution in [0.25, 0.3) is 0 Å². The van der Waals surface area contributed by atoms with E-state index in [0.717, 1.165) is 31.2 Å². The number of esters is 1. The molecule has 0 bridgehead atoms. The maximum Gasteiger partial charge on any atom is 0.313 e. The molecule has 3 atom stereocenters. The number of carbonyl (C=O) groups is 1. The second kappa shape index (κ2) is 11.5. The number of piperidine rings is 1. The molecule has 1 aliphatic carbocycles. The van der Waals surface area contributed by atoms with Crippen molar-refractivity contribution in [2.45, 2.75) is 63.3 Å². The van der Waals surface area contributed by atoms with Crippen molar-refractivity contribution in [3.63, 3.8) is 0 Å². The minimum absolute atomic E-state index is 0.189. The Morgan fingerprint density at radius 2 is 1.64 bits per heavy atom. The lowest BCUT2D eigenvalue weighted by Crippen LogP contribution is -2.53. The Balaban J connectivity index is 1.61. The third-order valence-electron chi connectivity index (χ3n) is 8.14. The minimum atomic E-state index is -1.06. The van der Waals surface area contributed by atoms with Crippen LogP contribution < -0.4 is 0 Å². The summed E-state index contributed by atoms with van der Waals surface area (Å²) in [5.74, 6) is -1.53. The van der Waals surface area contributed by atoms with Crippen molar-refractivity contribution in [2.75, 3.05) is 26.2 Å². The zero-order valence-electron chi connectivity index (χ0n) is 20.7. The lowest BCUT2D eigenvalue weighted by molar-refractivity contribution is -0.486. The molecule has 194 valence electrons. The second-order valence-corrected chi connectivity index (χ2v) is 10.0. The van der Waals surface area contributed by atoms with Crippen LogP contribution >= 0.6 is 0 Å². The van der Waals surface area contributed by atoms with E-state index < -0.39 is 34.6 Å². The van der Waals surface area contributed by atoms with E-state index in [4.69, 9.17) is 4.74 Å². The average Bonchev–Trinajstić information content (AvgIpc) is 2.88. The molecule has 8 heteroatoms. The topological polar surface area (TPSA) is 72.7 Å². The summed E-state index contributed by atoms with van der Waals surface area (Å²) in [5, 5.41) is 11.7. The van der Waals surface area contributed by atoms with Crippen molar-refractivity contribution in [2.24, 2.45) is 5.41 Å². The maximum atomic E-state index is 13.6. The van der Waals surface area contributed by atoms with Crippen LogP contribution in [0, 0.1) is 27.2 Å². The highest BCUT2D eigenvalue weighted by molar-refractivity contribution is 5.78. The van der Waals surface area contributed by atoms with Crippen molar-refractivity contribution in [3.05, 3.63) is 81.4 Å². The lowest BCUT2D eigenvalue weighted by atomic mass is 9.65. The van der Waals surface area contributed by atoms with Gasteiger partial charge in [0, 0.05) is 11.0 Å². The predicted molar refractivity (Wildman–Crippen MR) is 132 cm³/mol. The zero-order chi connectivity index (χ0) is 25.7. The van der Waals surface area contributed by atoms with E-state index >= 15 is 0 Å². The lowest BCUT2D eigenvalue weighted by Gasteiger charge is -2.48. The highest BCUT2D eigenvalue weighted by Gasteiger charge is 2.52. The number of nitro groups is 1. The molecule has 6 nitrogen and oxygen atoms in total. The van der Waals surface area contributed by atoms with E-state index in [0.29, 0.717) is 31.5 Å². The quantitative estimate of drug-likeness (QED) is 0.264. The van der Waals surface area contributed by atoms with Gasteiger partial charge in [-0.05, 0) is 87.0 Å². The Morgan fingerprint density at radius 3 is 2.22 bits per heavy atom. The molecule has 2 aromatic carbocycles. The maximum absolute atomic E-state index is 13.6. The van der Waals surface area contributed by atoms with Crippen LogP contribution in [-0.4, -0.2) is 48.1 Å². The molecule has 0 amide bonds. The normalized spacial score (nSPS) is 23.1. The molecule has 1 saturated carbocycles. The third-order valence-corrected chi connectivity index (χ3v) is 8.14. The number of halogens is 2. The Kier molecular flexibility index (Phi) is 8.34. The van der Waals surface area contributed by atoms with Gasteiger partial charge in [-0.3, -0.25) is 19.8 Å². The van der Waals surface area contributed by atoms with Crippen LogP contribution in [0.2, 0.25) is 0 Å². The molecular formula is C28H34F2N2O4. The van der Waals surface area contributed by atoms with Crippen molar-refractivity contribution < 1.29 is 23.2 Å². The Labute approximate surface area is 210 Å². The molecule has 4 rings (SSSR count). The SMILES string of the molecule is CCOC(=O)C1(C(C[N+](=O)[O-])c2ccc(F)cc2)CCN(C2CCCCC2c2ccc(F)cc2)CC1. The molecule has 2 aromatic rings. The molecule has 0 N–H and O–H groups in total. The van der Waals surface area contributed by atoms with Gasteiger partial charge in [0.25, 0.3) is 0 Å². The van der Waals surface area contributed by atoms with Gasteiger partial charge in [0.1, 0.15) is 11.6 Å². The number of ether oxygens (including phenoxy) is 1. The van der Waals surface area contributed by atoms with Gasteiger partial charge in [0.15, 0.2) is 0 Å². The standard InChI is InChI=1S/C28H34F2N2O4/c1-2-36-27(33)28(25(19-32(34)35)21-9-13-23(30)14-10-21)15-17-31(18-16-28)26-6-4-3-5-24(26)20-7-11-22(29)12-8-20/h7-14,24-26H,2-6,15-19H2,1H3. The highest BCUT2D eigenvalue weighted by atomic mass is 19.1. The first-order valence-electron chi connectivity index (χ1n) is 12.9. The summed E-state index contributed by atoms with van der Waals surface area (Å²) >= 11 is 0. The summed E-state index contributed by atoms with van der Waals surface area (Å²) in [6.45, 7) is 2.71.